The highest BCUT2D eigenvalue weighted by molar-refractivity contribution is 6.83. The molecule has 1 nitrogen and oxygen atoms in total. The van der Waals surface area contributed by atoms with Crippen molar-refractivity contribution in [1.82, 2.24) is 0 Å². The lowest BCUT2D eigenvalue weighted by Crippen LogP contribution is -2.38. The zero-order valence-electron chi connectivity index (χ0n) is 20.6. The van der Waals surface area contributed by atoms with Crippen LogP contribution in [-0.4, -0.2) is 8.07 Å². The van der Waals surface area contributed by atoms with Crippen LogP contribution in [0.1, 0.15) is 54.5 Å². The van der Waals surface area contributed by atoms with Gasteiger partial charge in [-0.05, 0) is 63.9 Å². The summed E-state index contributed by atoms with van der Waals surface area (Å²) in [7, 11) is -1.78. The van der Waals surface area contributed by atoms with Crippen LogP contribution in [0.25, 0.3) is 22.8 Å². The van der Waals surface area contributed by atoms with E-state index in [4.69, 9.17) is 4.42 Å². The number of rotatable bonds is 4. The van der Waals surface area contributed by atoms with Crippen molar-refractivity contribution in [3.63, 3.8) is 0 Å². The first kappa shape index (κ1) is 22.0. The Labute approximate surface area is 199 Å². The Balaban J connectivity index is 1.66. The van der Waals surface area contributed by atoms with Gasteiger partial charge in [0.15, 0.2) is 0 Å². The van der Waals surface area contributed by atoms with Crippen LogP contribution in [0.5, 0.6) is 0 Å². The van der Waals surface area contributed by atoms with E-state index in [0.717, 1.165) is 11.5 Å². The summed E-state index contributed by atoms with van der Waals surface area (Å²) in [5.74, 6) is 1.99. The van der Waals surface area contributed by atoms with Crippen LogP contribution < -0.4 is 0 Å². The van der Waals surface area contributed by atoms with E-state index in [1.54, 1.807) is 0 Å². The van der Waals surface area contributed by atoms with Gasteiger partial charge in [-0.3, -0.25) is 0 Å². The Hall–Kier alpha value is -2.84. The molecular formula is C31H34OSi. The van der Waals surface area contributed by atoms with Crippen molar-refractivity contribution >= 4 is 19.7 Å². The van der Waals surface area contributed by atoms with Crippen molar-refractivity contribution in [2.45, 2.75) is 57.3 Å². The summed E-state index contributed by atoms with van der Waals surface area (Å²) in [4.78, 5) is 0. The Morgan fingerprint density at radius 2 is 1.55 bits per heavy atom. The molecule has 5 rings (SSSR count). The van der Waals surface area contributed by atoms with E-state index in [1.165, 1.54) is 33.4 Å². The minimum Gasteiger partial charge on any atom is -0.462 e. The fraction of sp³-hybridized carbons (Fsp3) is 0.290. The molecule has 0 saturated carbocycles. The maximum absolute atomic E-state index is 6.20. The van der Waals surface area contributed by atoms with E-state index in [1.807, 2.05) is 6.92 Å². The van der Waals surface area contributed by atoms with E-state index in [0.29, 0.717) is 11.1 Å². The molecule has 2 aliphatic rings. The normalized spacial score (nSPS) is 18.1. The molecule has 0 fully saturated rings. The molecule has 1 heterocycles. The van der Waals surface area contributed by atoms with Gasteiger partial charge < -0.3 is 4.42 Å². The highest BCUT2D eigenvalue weighted by atomic mass is 28.3. The molecule has 33 heavy (non-hydrogen) atoms. The van der Waals surface area contributed by atoms with Crippen LogP contribution in [0.15, 0.2) is 83.3 Å². The highest BCUT2D eigenvalue weighted by Gasteiger charge is 2.45. The summed E-state index contributed by atoms with van der Waals surface area (Å²) in [5, 5.41) is 0. The second-order valence-electron chi connectivity index (χ2n) is 11.2. The van der Waals surface area contributed by atoms with Crippen LogP contribution in [0.4, 0.5) is 0 Å². The molecule has 0 spiro atoms. The highest BCUT2D eigenvalue weighted by Crippen LogP contribution is 2.53. The van der Waals surface area contributed by atoms with E-state index < -0.39 is 8.07 Å². The third kappa shape index (κ3) is 3.81. The fourth-order valence-electron chi connectivity index (χ4n) is 5.53. The SMILES string of the molecule is Cc1ccc(C2=Cc3c(-c4ccc(C(C)(C)C)cc4)cccc3C2[Si](C)(C)C2C=CC=C2)o1. The monoisotopic (exact) mass is 450 g/mol. The summed E-state index contributed by atoms with van der Waals surface area (Å²) in [6.07, 6.45) is 11.6. The lowest BCUT2D eigenvalue weighted by molar-refractivity contribution is 0.520. The number of fused-ring (bicyclic) bond motifs is 1. The van der Waals surface area contributed by atoms with Gasteiger partial charge in [0.05, 0.1) is 8.07 Å². The topological polar surface area (TPSA) is 13.1 Å². The van der Waals surface area contributed by atoms with Crippen molar-refractivity contribution in [2.24, 2.45) is 0 Å². The third-order valence-corrected chi connectivity index (χ3v) is 11.7. The lowest BCUT2D eigenvalue weighted by Gasteiger charge is -2.36. The number of hydrogen-bond acceptors (Lipinski definition) is 1. The van der Waals surface area contributed by atoms with Gasteiger partial charge in [-0.1, -0.05) is 101 Å². The molecule has 0 N–H and O–H groups in total. The summed E-state index contributed by atoms with van der Waals surface area (Å²) < 4.78 is 6.20. The van der Waals surface area contributed by atoms with Crippen molar-refractivity contribution in [3.05, 3.63) is 107 Å². The summed E-state index contributed by atoms with van der Waals surface area (Å²) >= 11 is 0. The average Bonchev–Trinajstić information content (AvgIpc) is 3.52. The van der Waals surface area contributed by atoms with Crippen molar-refractivity contribution in [3.8, 4) is 11.1 Å². The minimum atomic E-state index is -1.78. The molecule has 2 aliphatic carbocycles. The minimum absolute atomic E-state index is 0.157. The molecule has 2 aromatic carbocycles. The molecule has 2 heteroatoms. The van der Waals surface area contributed by atoms with Crippen LogP contribution in [-0.2, 0) is 5.41 Å². The molecular weight excluding hydrogens is 416 g/mol. The van der Waals surface area contributed by atoms with Gasteiger partial charge in [0.1, 0.15) is 11.5 Å². The number of allylic oxidation sites excluding steroid dienone is 5. The molecule has 1 unspecified atom stereocenters. The standard InChI is InChI=1S/C31H34OSi/c1-21-14-19-29(32-21)28-20-27-25(22-15-17-23(18-16-22)31(2,3)4)12-9-13-26(27)30(28)33(5,6)24-10-7-8-11-24/h7-20,24,30H,1-6H3. The zero-order chi connectivity index (χ0) is 23.4. The van der Waals surface area contributed by atoms with Gasteiger partial charge in [-0.2, -0.15) is 0 Å². The van der Waals surface area contributed by atoms with Gasteiger partial charge in [0.2, 0.25) is 0 Å². The predicted molar refractivity (Wildman–Crippen MR) is 144 cm³/mol. The average molecular weight is 451 g/mol. The summed E-state index contributed by atoms with van der Waals surface area (Å²) in [6.45, 7) is 13.9. The Morgan fingerprint density at radius 3 is 2.15 bits per heavy atom. The van der Waals surface area contributed by atoms with Crippen LogP contribution in [0.3, 0.4) is 0 Å². The van der Waals surface area contributed by atoms with E-state index in [2.05, 4.69) is 119 Å². The summed E-state index contributed by atoms with van der Waals surface area (Å²) in [6, 6.07) is 20.3. The van der Waals surface area contributed by atoms with Crippen LogP contribution in [0, 0.1) is 6.92 Å². The molecule has 0 saturated heterocycles. The Kier molecular flexibility index (Phi) is 5.25. The number of furan rings is 1. The molecule has 0 bridgehead atoms. The molecule has 0 aliphatic heterocycles. The van der Waals surface area contributed by atoms with Crippen LogP contribution in [0.2, 0.25) is 18.6 Å². The smallest absolute Gasteiger partial charge is 0.130 e. The van der Waals surface area contributed by atoms with Gasteiger partial charge in [-0.15, -0.1) is 0 Å². The predicted octanol–water partition coefficient (Wildman–Crippen LogP) is 8.93. The molecule has 168 valence electrons. The second-order valence-corrected chi connectivity index (χ2v) is 16.1. The second kappa shape index (κ2) is 7.88. The zero-order valence-corrected chi connectivity index (χ0v) is 21.6. The van der Waals surface area contributed by atoms with E-state index >= 15 is 0 Å². The lowest BCUT2D eigenvalue weighted by atomic mass is 9.86. The number of hydrogen-bond donors (Lipinski definition) is 0. The fourth-order valence-corrected chi connectivity index (χ4v) is 9.21. The Bertz CT molecular complexity index is 1260. The van der Waals surface area contributed by atoms with Gasteiger partial charge in [-0.25, -0.2) is 0 Å². The molecule has 1 aromatic heterocycles. The molecule has 3 aromatic rings. The van der Waals surface area contributed by atoms with E-state index in [-0.39, 0.29) is 5.41 Å². The van der Waals surface area contributed by atoms with Gasteiger partial charge in [0.25, 0.3) is 0 Å². The summed E-state index contributed by atoms with van der Waals surface area (Å²) in [5.41, 5.74) is 9.22. The first-order chi connectivity index (χ1) is 15.7. The first-order valence-corrected chi connectivity index (χ1v) is 15.2. The van der Waals surface area contributed by atoms with Gasteiger partial charge in [0, 0.05) is 11.1 Å². The number of benzene rings is 2. The molecule has 0 radical (unpaired) electrons. The maximum Gasteiger partial charge on any atom is 0.130 e. The van der Waals surface area contributed by atoms with Crippen molar-refractivity contribution in [1.29, 1.82) is 0 Å². The quantitative estimate of drug-likeness (QED) is 0.362. The van der Waals surface area contributed by atoms with Crippen molar-refractivity contribution in [2.75, 3.05) is 0 Å². The largest absolute Gasteiger partial charge is 0.462 e. The van der Waals surface area contributed by atoms with E-state index in [9.17, 15) is 0 Å². The first-order valence-electron chi connectivity index (χ1n) is 12.0. The van der Waals surface area contributed by atoms with Crippen molar-refractivity contribution < 1.29 is 4.42 Å². The molecule has 0 amide bonds. The maximum atomic E-state index is 6.20. The van der Waals surface area contributed by atoms with Gasteiger partial charge >= 0.3 is 0 Å². The third-order valence-electron chi connectivity index (χ3n) is 7.50. The molecule has 1 atom stereocenters. The van der Waals surface area contributed by atoms with Crippen LogP contribution >= 0.6 is 0 Å². The Morgan fingerprint density at radius 1 is 0.848 bits per heavy atom. The number of aryl methyl sites for hydroxylation is 1.